The fourth-order valence-corrected chi connectivity index (χ4v) is 4.76. The summed E-state index contributed by atoms with van der Waals surface area (Å²) in [6, 6.07) is 15.9. The van der Waals surface area contributed by atoms with Crippen LogP contribution in [0.1, 0.15) is 20.8 Å². The van der Waals surface area contributed by atoms with Crippen molar-refractivity contribution < 1.29 is 23.8 Å². The van der Waals surface area contributed by atoms with Gasteiger partial charge in [-0.1, -0.05) is 54.6 Å². The number of allylic oxidation sites excluding steroid dienone is 2. The third-order valence-electron chi connectivity index (χ3n) is 5.62. The highest BCUT2D eigenvalue weighted by Gasteiger charge is 2.20. The van der Waals surface area contributed by atoms with Crippen LogP contribution in [0.3, 0.4) is 0 Å². The van der Waals surface area contributed by atoms with Gasteiger partial charge in [-0.25, -0.2) is 14.4 Å². The highest BCUT2D eigenvalue weighted by atomic mass is 32.1. The summed E-state index contributed by atoms with van der Waals surface area (Å²) in [6.07, 6.45) is 5.92. The number of thiophene rings is 1. The van der Waals surface area contributed by atoms with Crippen LogP contribution in [0.25, 0.3) is 16.3 Å². The molecule has 2 aromatic carbocycles. The van der Waals surface area contributed by atoms with Gasteiger partial charge in [-0.15, -0.1) is 11.3 Å². The van der Waals surface area contributed by atoms with E-state index in [0.29, 0.717) is 16.3 Å². The summed E-state index contributed by atoms with van der Waals surface area (Å²) >= 11 is 0.915. The summed E-state index contributed by atoms with van der Waals surface area (Å²) in [5.74, 6) is -0.458. The maximum Gasteiger partial charge on any atom is 0.356 e. The minimum absolute atomic E-state index is 0.0391. The van der Waals surface area contributed by atoms with E-state index in [4.69, 9.17) is 14.2 Å². The Bertz CT molecular complexity index is 1690. The first kappa shape index (κ1) is 24.0. The first-order valence-electron chi connectivity index (χ1n) is 11.2. The van der Waals surface area contributed by atoms with Crippen molar-refractivity contribution in [2.45, 2.75) is 6.54 Å². The summed E-state index contributed by atoms with van der Waals surface area (Å²) in [5, 5.41) is 0.199. The Kier molecular flexibility index (Phi) is 6.57. The van der Waals surface area contributed by atoms with Crippen molar-refractivity contribution >= 4 is 39.6 Å². The number of hydrogen-bond acceptors (Lipinski definition) is 8. The van der Waals surface area contributed by atoms with Crippen LogP contribution in [0, 0.1) is 0 Å². The molecule has 0 saturated heterocycles. The second-order valence-corrected chi connectivity index (χ2v) is 9.12. The van der Waals surface area contributed by atoms with E-state index in [1.165, 1.54) is 23.8 Å². The van der Waals surface area contributed by atoms with E-state index in [2.05, 4.69) is 0 Å². The molecule has 9 nitrogen and oxygen atoms in total. The lowest BCUT2D eigenvalue weighted by Crippen LogP contribution is -2.38. The Labute approximate surface area is 214 Å². The van der Waals surface area contributed by atoms with Crippen molar-refractivity contribution in [2.24, 2.45) is 7.05 Å². The van der Waals surface area contributed by atoms with E-state index in [9.17, 15) is 19.2 Å². The van der Waals surface area contributed by atoms with Crippen molar-refractivity contribution in [3.63, 3.8) is 0 Å². The van der Waals surface area contributed by atoms with Gasteiger partial charge in [0.15, 0.2) is 11.5 Å². The summed E-state index contributed by atoms with van der Waals surface area (Å²) in [7, 11) is 1.53. The maximum atomic E-state index is 13.0. The Balaban J connectivity index is 1.29. The second-order valence-electron chi connectivity index (χ2n) is 8.09. The molecule has 0 radical (unpaired) electrons. The average molecular weight is 517 g/mol. The molecular formula is C27H20N2O7S. The number of nitrogens with zero attached hydrogens (tertiary/aromatic N) is 2. The van der Waals surface area contributed by atoms with Gasteiger partial charge < -0.3 is 14.2 Å². The fourth-order valence-electron chi connectivity index (χ4n) is 3.78. The molecule has 37 heavy (non-hydrogen) atoms. The summed E-state index contributed by atoms with van der Waals surface area (Å²) in [5.41, 5.74) is 0.613. The second kappa shape index (κ2) is 10.1. The number of carbonyl (C=O) groups excluding carboxylic acids is 2. The zero-order valence-corrected chi connectivity index (χ0v) is 20.4. The molecule has 186 valence electrons. The molecule has 0 unspecified atom stereocenters. The molecular weight excluding hydrogens is 496 g/mol. The van der Waals surface area contributed by atoms with Crippen molar-refractivity contribution in [3.8, 4) is 11.5 Å². The number of rotatable bonds is 6. The Morgan fingerprint density at radius 1 is 1.03 bits per heavy atom. The van der Waals surface area contributed by atoms with Gasteiger partial charge in [0.2, 0.25) is 6.79 Å². The molecule has 0 atom stereocenters. The van der Waals surface area contributed by atoms with Gasteiger partial charge >= 0.3 is 17.6 Å². The van der Waals surface area contributed by atoms with E-state index in [-0.39, 0.29) is 23.6 Å². The molecule has 0 saturated carbocycles. The molecule has 3 heterocycles. The summed E-state index contributed by atoms with van der Waals surface area (Å²) in [6.45, 7) is 0.281. The van der Waals surface area contributed by atoms with Crippen LogP contribution >= 0.6 is 11.3 Å². The van der Waals surface area contributed by atoms with Gasteiger partial charge in [-0.2, -0.15) is 0 Å². The predicted molar refractivity (Wildman–Crippen MR) is 138 cm³/mol. The molecule has 1 aliphatic rings. The molecule has 0 amide bonds. The first-order chi connectivity index (χ1) is 17.9. The van der Waals surface area contributed by atoms with E-state index in [0.717, 1.165) is 33.1 Å². The van der Waals surface area contributed by atoms with Gasteiger partial charge in [-0.05, 0) is 29.3 Å². The van der Waals surface area contributed by atoms with Crippen molar-refractivity contribution in [1.82, 2.24) is 9.13 Å². The number of hydrogen-bond donors (Lipinski definition) is 0. The van der Waals surface area contributed by atoms with E-state index >= 15 is 0 Å². The first-order valence-corrected chi connectivity index (χ1v) is 12.0. The monoisotopic (exact) mass is 516 g/mol. The Hall–Kier alpha value is -4.70. The van der Waals surface area contributed by atoms with Crippen LogP contribution in [0.15, 0.2) is 82.4 Å². The van der Waals surface area contributed by atoms with Crippen molar-refractivity contribution in [3.05, 3.63) is 110 Å². The lowest BCUT2D eigenvalue weighted by Gasteiger charge is -2.08. The number of benzene rings is 2. The third-order valence-corrected chi connectivity index (χ3v) is 6.81. The zero-order valence-electron chi connectivity index (χ0n) is 19.6. The fraction of sp³-hybridized carbons (Fsp3) is 0.111. The van der Waals surface area contributed by atoms with Crippen LogP contribution in [0.2, 0.25) is 0 Å². The van der Waals surface area contributed by atoms with E-state index in [1.807, 2.05) is 36.4 Å². The molecule has 0 fully saturated rings. The van der Waals surface area contributed by atoms with Gasteiger partial charge in [0.25, 0.3) is 5.56 Å². The van der Waals surface area contributed by atoms with Gasteiger partial charge in [0.05, 0.1) is 11.9 Å². The quantitative estimate of drug-likeness (QED) is 0.167. The molecule has 10 heteroatoms. The van der Waals surface area contributed by atoms with Gasteiger partial charge in [0.1, 0.15) is 9.71 Å². The SMILES string of the molecule is Cn1c(=O)n(Cc2ccccc2)c(=O)c2cc(C(=O)OC(=O)/C=C/C=C/c3ccc4c(c3)OCO4)sc21. The smallest absolute Gasteiger partial charge is 0.356 e. The molecule has 1 aliphatic heterocycles. The Morgan fingerprint density at radius 3 is 2.62 bits per heavy atom. The van der Waals surface area contributed by atoms with Crippen LogP contribution < -0.4 is 20.7 Å². The van der Waals surface area contributed by atoms with E-state index < -0.39 is 23.2 Å². The highest BCUT2D eigenvalue weighted by Crippen LogP contribution is 2.32. The molecule has 4 aromatic rings. The summed E-state index contributed by atoms with van der Waals surface area (Å²) in [4.78, 5) is 50.9. The highest BCUT2D eigenvalue weighted by molar-refractivity contribution is 7.20. The molecule has 0 aliphatic carbocycles. The van der Waals surface area contributed by atoms with Gasteiger partial charge in [-0.3, -0.25) is 13.9 Å². The number of aromatic nitrogens is 2. The minimum Gasteiger partial charge on any atom is -0.454 e. The predicted octanol–water partition coefficient (Wildman–Crippen LogP) is 3.49. The molecule has 5 rings (SSSR count). The van der Waals surface area contributed by atoms with Crippen LogP contribution in [-0.4, -0.2) is 27.9 Å². The molecule has 0 spiro atoms. The molecule has 0 bridgehead atoms. The maximum absolute atomic E-state index is 13.0. The number of ether oxygens (including phenoxy) is 3. The largest absolute Gasteiger partial charge is 0.454 e. The van der Waals surface area contributed by atoms with Crippen LogP contribution in [0.4, 0.5) is 0 Å². The van der Waals surface area contributed by atoms with Crippen LogP contribution in [-0.2, 0) is 23.1 Å². The third kappa shape index (κ3) is 5.00. The number of carbonyl (C=O) groups is 2. The topological polar surface area (TPSA) is 106 Å². The normalized spacial score (nSPS) is 12.6. The number of aryl methyl sites for hydroxylation is 1. The average Bonchev–Trinajstić information content (AvgIpc) is 3.56. The standard InChI is InChI=1S/C27H20N2O7S/c1-28-25-19(24(31)29(27(28)33)15-18-8-3-2-4-9-18)14-22(37-25)26(32)36-23(30)10-6-5-7-17-11-12-20-21(13-17)35-16-34-20/h2-14H,15-16H2,1H3/b7-5+,10-6+. The van der Waals surface area contributed by atoms with Gasteiger partial charge in [0, 0.05) is 13.1 Å². The van der Waals surface area contributed by atoms with E-state index in [1.54, 1.807) is 24.3 Å². The lowest BCUT2D eigenvalue weighted by atomic mass is 10.2. The zero-order chi connectivity index (χ0) is 25.9. The summed E-state index contributed by atoms with van der Waals surface area (Å²) < 4.78 is 17.9. The lowest BCUT2D eigenvalue weighted by molar-refractivity contribution is -0.132. The molecule has 2 aromatic heterocycles. The Morgan fingerprint density at radius 2 is 1.81 bits per heavy atom. The number of fused-ring (bicyclic) bond motifs is 2. The number of esters is 2. The molecule has 0 N–H and O–H groups in total. The van der Waals surface area contributed by atoms with Crippen molar-refractivity contribution in [1.29, 1.82) is 0 Å². The van der Waals surface area contributed by atoms with Crippen molar-refractivity contribution in [2.75, 3.05) is 6.79 Å². The minimum atomic E-state index is -0.906. The van der Waals surface area contributed by atoms with Crippen LogP contribution in [0.5, 0.6) is 11.5 Å².